The fourth-order valence-electron chi connectivity index (χ4n) is 16.3. The van der Waals surface area contributed by atoms with Gasteiger partial charge >= 0.3 is 5.97 Å². The van der Waals surface area contributed by atoms with Crippen LogP contribution in [0.25, 0.3) is 0 Å². The van der Waals surface area contributed by atoms with Crippen LogP contribution >= 0.6 is 11.8 Å². The number of fused-ring (bicyclic) bond motifs is 10. The van der Waals surface area contributed by atoms with Crippen molar-refractivity contribution in [2.24, 2.45) is 74.9 Å². The summed E-state index contributed by atoms with van der Waals surface area (Å²) in [5.74, 6) is 8.62. The van der Waals surface area contributed by atoms with Crippen molar-refractivity contribution in [3.63, 3.8) is 0 Å². The Morgan fingerprint density at radius 1 is 0.736 bits per heavy atom. The van der Waals surface area contributed by atoms with Crippen LogP contribution in [0.2, 0.25) is 0 Å². The molecule has 0 radical (unpaired) electrons. The monoisotopic (exact) mass is 752 g/mol. The van der Waals surface area contributed by atoms with Crippen molar-refractivity contribution in [2.75, 3.05) is 12.8 Å². The highest BCUT2D eigenvalue weighted by Gasteiger charge is 2.63. The van der Waals surface area contributed by atoms with Crippen LogP contribution in [0.3, 0.4) is 0 Å². The fraction of sp³-hybridized carbons (Fsp3) is 0.936. The number of likely N-dealkylation sites (tertiary alicyclic amines) is 1. The molecule has 7 aliphatic carbocycles. The van der Waals surface area contributed by atoms with Crippen molar-refractivity contribution >= 4 is 29.4 Å². The average Bonchev–Trinajstić information content (AvgIpc) is 3.66. The number of esters is 1. The lowest BCUT2D eigenvalue weighted by molar-refractivity contribution is -0.163. The molecule has 0 bridgehead atoms. The van der Waals surface area contributed by atoms with Crippen LogP contribution in [-0.2, 0) is 19.1 Å². The second-order valence-corrected chi connectivity index (χ2v) is 23.0. The summed E-state index contributed by atoms with van der Waals surface area (Å²) in [6.45, 7) is 19.0. The summed E-state index contributed by atoms with van der Waals surface area (Å²) in [5.41, 5.74) is 1.69. The fourth-order valence-corrected chi connectivity index (χ4v) is 16.9. The first kappa shape index (κ1) is 40.2. The Hall–Kier alpha value is -1.04. The number of amides is 1. The molecule has 1 saturated heterocycles. The zero-order valence-corrected chi connectivity index (χ0v) is 36.2. The number of nitrogens with zero attached hydrogens (tertiary/aromatic N) is 1. The molecule has 1 amide bonds. The smallest absolute Gasteiger partial charge is 0.316 e. The SMILES string of the molecule is CC(C)SCC(=O)OC(C)[C@H]1CC[C@H]2[C@@H]3CC[C@H]4N(C)C(=O)CC[C@]4(C)[C@H]3CC[C@]12C.CC[C@H]1CC[C@H]2[C@@H]3CCC4CC(=O)CC[C@]4(C)[C@H]3CC[C@]12C. The van der Waals surface area contributed by atoms with Gasteiger partial charge in [0.1, 0.15) is 11.9 Å². The summed E-state index contributed by atoms with van der Waals surface area (Å²) in [5, 5.41) is 0.456. The Morgan fingerprint density at radius 2 is 1.34 bits per heavy atom. The van der Waals surface area contributed by atoms with Crippen LogP contribution < -0.4 is 0 Å². The van der Waals surface area contributed by atoms with E-state index in [0.717, 1.165) is 73.5 Å². The van der Waals surface area contributed by atoms with Crippen molar-refractivity contribution < 1.29 is 19.1 Å². The van der Waals surface area contributed by atoms with Gasteiger partial charge in [-0.15, -0.1) is 11.8 Å². The average molecular weight is 752 g/mol. The molecule has 6 heteroatoms. The van der Waals surface area contributed by atoms with Crippen LogP contribution in [-0.4, -0.2) is 52.8 Å². The minimum atomic E-state index is -0.0464. The van der Waals surface area contributed by atoms with E-state index in [9.17, 15) is 14.4 Å². The van der Waals surface area contributed by atoms with E-state index in [2.05, 4.69) is 60.3 Å². The lowest BCUT2D eigenvalue weighted by Crippen LogP contribution is -2.61. The van der Waals surface area contributed by atoms with E-state index in [0.29, 0.717) is 51.4 Å². The van der Waals surface area contributed by atoms with E-state index in [1.54, 1.807) is 11.8 Å². The molecule has 300 valence electrons. The molecule has 0 spiro atoms. The van der Waals surface area contributed by atoms with E-state index in [1.165, 1.54) is 83.5 Å². The molecule has 0 aromatic rings. The van der Waals surface area contributed by atoms with Gasteiger partial charge < -0.3 is 9.64 Å². The van der Waals surface area contributed by atoms with E-state index in [1.807, 2.05) is 7.05 Å². The molecule has 2 unspecified atom stereocenters. The lowest BCUT2D eigenvalue weighted by Gasteiger charge is -2.62. The van der Waals surface area contributed by atoms with Crippen molar-refractivity contribution in [1.29, 1.82) is 0 Å². The van der Waals surface area contributed by atoms with Crippen LogP contribution in [0.5, 0.6) is 0 Å². The third-order valence-electron chi connectivity index (χ3n) is 19.2. The summed E-state index contributed by atoms with van der Waals surface area (Å²) in [6.07, 6.45) is 22.2. The van der Waals surface area contributed by atoms with E-state index in [4.69, 9.17) is 4.74 Å². The molecule has 8 fully saturated rings. The Kier molecular flexibility index (Phi) is 11.4. The van der Waals surface area contributed by atoms with Crippen LogP contribution in [0.4, 0.5) is 0 Å². The van der Waals surface area contributed by atoms with Gasteiger partial charge in [-0.2, -0.15) is 0 Å². The van der Waals surface area contributed by atoms with Gasteiger partial charge in [-0.25, -0.2) is 0 Å². The van der Waals surface area contributed by atoms with Crippen molar-refractivity contribution in [3.05, 3.63) is 0 Å². The molecule has 53 heavy (non-hydrogen) atoms. The van der Waals surface area contributed by atoms with Gasteiger partial charge in [-0.1, -0.05) is 54.9 Å². The number of hydrogen-bond acceptors (Lipinski definition) is 5. The Morgan fingerprint density at radius 3 is 2.04 bits per heavy atom. The zero-order chi connectivity index (χ0) is 38.1. The van der Waals surface area contributed by atoms with Gasteiger partial charge in [0.05, 0.1) is 5.75 Å². The number of hydrogen-bond donors (Lipinski definition) is 0. The van der Waals surface area contributed by atoms with Crippen molar-refractivity contribution in [1.82, 2.24) is 4.90 Å². The van der Waals surface area contributed by atoms with Gasteiger partial charge in [0.25, 0.3) is 0 Å². The number of Topliss-reactive ketones (excluding diaryl/α,β-unsaturated/α-hetero) is 1. The number of ketones is 1. The summed E-state index contributed by atoms with van der Waals surface area (Å²) in [7, 11) is 2.04. The molecule has 0 aromatic heterocycles. The molecular weight excluding hydrogens is 675 g/mol. The van der Waals surface area contributed by atoms with Crippen LogP contribution in [0.15, 0.2) is 0 Å². The van der Waals surface area contributed by atoms with Gasteiger partial charge in [-0.3, -0.25) is 14.4 Å². The van der Waals surface area contributed by atoms with Gasteiger partial charge in [0.15, 0.2) is 0 Å². The third kappa shape index (κ3) is 6.81. The van der Waals surface area contributed by atoms with Crippen molar-refractivity contribution in [2.45, 2.75) is 188 Å². The highest BCUT2D eigenvalue weighted by atomic mass is 32.2. The molecule has 8 rings (SSSR count). The molecule has 0 aromatic carbocycles. The second kappa shape index (κ2) is 15.0. The predicted molar refractivity (Wildman–Crippen MR) is 217 cm³/mol. The van der Waals surface area contributed by atoms with Crippen LogP contribution in [0.1, 0.15) is 171 Å². The summed E-state index contributed by atoms with van der Waals surface area (Å²) < 4.78 is 5.96. The third-order valence-corrected chi connectivity index (χ3v) is 20.3. The molecule has 7 saturated carbocycles. The Balaban J connectivity index is 0.000000173. The minimum Gasteiger partial charge on any atom is -0.462 e. The van der Waals surface area contributed by atoms with Crippen molar-refractivity contribution in [3.8, 4) is 0 Å². The van der Waals surface area contributed by atoms with E-state index in [-0.39, 0.29) is 22.9 Å². The van der Waals surface area contributed by atoms with Gasteiger partial charge in [-0.05, 0) is 171 Å². The first-order chi connectivity index (χ1) is 25.1. The number of thioether (sulfide) groups is 1. The highest BCUT2D eigenvalue weighted by molar-refractivity contribution is 8.00. The number of carbonyl (C=O) groups is 3. The molecule has 1 aliphatic heterocycles. The number of ether oxygens (including phenoxy) is 1. The summed E-state index contributed by atoms with van der Waals surface area (Å²) in [4.78, 5) is 38.8. The summed E-state index contributed by atoms with van der Waals surface area (Å²) in [6, 6.07) is 0.426. The predicted octanol–water partition coefficient (Wildman–Crippen LogP) is 11.2. The molecule has 0 N–H and O–H groups in total. The van der Waals surface area contributed by atoms with E-state index < -0.39 is 0 Å². The maximum atomic E-state index is 12.4. The number of piperidine rings is 1. The summed E-state index contributed by atoms with van der Waals surface area (Å²) >= 11 is 1.67. The first-order valence-corrected chi connectivity index (χ1v) is 23.7. The quantitative estimate of drug-likeness (QED) is 0.253. The maximum Gasteiger partial charge on any atom is 0.316 e. The molecule has 1 heterocycles. The molecule has 15 atom stereocenters. The highest BCUT2D eigenvalue weighted by Crippen LogP contribution is 2.69. The maximum absolute atomic E-state index is 12.4. The normalized spacial score (nSPS) is 47.9. The zero-order valence-electron chi connectivity index (χ0n) is 35.4. The largest absolute Gasteiger partial charge is 0.462 e. The van der Waals surface area contributed by atoms with Crippen LogP contribution in [0, 0.1) is 74.9 Å². The van der Waals surface area contributed by atoms with Gasteiger partial charge in [0.2, 0.25) is 5.91 Å². The standard InChI is InChI=1S/C26H43NO3S.C21H34O/c1-16(2)31-15-24(29)30-17(3)19-8-9-20-18-7-10-22-26(5,14-12-23(28)27(22)6)21(18)11-13-25(19,20)4;1-4-14-6-8-18-17-7-5-15-13-16(22)9-11-21(15,3)19(17)10-12-20(14,18)2/h16-22H,7-15H2,1-6H3;14-15,17-19H,4-13H2,1-3H3/t17?,18-,19+,20-,21-,22+,25+,26+;14-,15?,17-,18-,19-,20+,21-/m00/s1. The molecule has 8 aliphatic rings. The number of rotatable bonds is 6. The number of carbonyl (C=O) groups excluding carboxylic acids is 3. The Labute approximate surface area is 328 Å². The van der Waals surface area contributed by atoms with Gasteiger partial charge in [0, 0.05) is 38.3 Å². The second-order valence-electron chi connectivity index (χ2n) is 21.4. The first-order valence-electron chi connectivity index (χ1n) is 22.6. The lowest BCUT2D eigenvalue weighted by atomic mass is 9.45. The molecule has 5 nitrogen and oxygen atoms in total. The van der Waals surface area contributed by atoms with E-state index >= 15 is 0 Å². The Bertz CT molecular complexity index is 1380. The topological polar surface area (TPSA) is 63.7 Å². The minimum absolute atomic E-state index is 0.0113. The molecular formula is C47H77NO4S.